The van der Waals surface area contributed by atoms with Gasteiger partial charge >= 0.3 is 0 Å². The van der Waals surface area contributed by atoms with Crippen molar-refractivity contribution in [3.63, 3.8) is 0 Å². The van der Waals surface area contributed by atoms with Crippen LogP contribution in [-0.4, -0.2) is 36.2 Å². The first-order chi connectivity index (χ1) is 8.68. The number of carbonyl (C=O) groups excluding carboxylic acids is 1. The van der Waals surface area contributed by atoms with Gasteiger partial charge in [-0.05, 0) is 51.1 Å². The highest BCUT2D eigenvalue weighted by Gasteiger charge is 2.31. The summed E-state index contributed by atoms with van der Waals surface area (Å²) in [5.74, 6) is 0.750. The highest BCUT2D eigenvalue weighted by atomic mass is 16.3. The van der Waals surface area contributed by atoms with E-state index in [9.17, 15) is 9.90 Å². The van der Waals surface area contributed by atoms with Crippen LogP contribution in [0.1, 0.15) is 51.4 Å². The summed E-state index contributed by atoms with van der Waals surface area (Å²) < 4.78 is 0. The van der Waals surface area contributed by atoms with E-state index in [0.29, 0.717) is 18.9 Å². The average Bonchev–Trinajstić information content (AvgIpc) is 2.83. The van der Waals surface area contributed by atoms with E-state index < -0.39 is 5.60 Å². The minimum absolute atomic E-state index is 0.0981. The first-order valence-corrected chi connectivity index (χ1v) is 7.38. The summed E-state index contributed by atoms with van der Waals surface area (Å²) in [7, 11) is 0. The molecule has 1 saturated carbocycles. The largest absolute Gasteiger partial charge is 0.388 e. The first kappa shape index (κ1) is 13.8. The predicted molar refractivity (Wildman–Crippen MR) is 71.3 cm³/mol. The van der Waals surface area contributed by atoms with Crippen molar-refractivity contribution in [2.24, 2.45) is 5.92 Å². The molecular weight excluding hydrogens is 228 g/mol. The summed E-state index contributed by atoms with van der Waals surface area (Å²) in [5, 5.41) is 16.4. The van der Waals surface area contributed by atoms with Crippen LogP contribution >= 0.6 is 0 Å². The molecule has 0 aromatic rings. The second kappa shape index (κ2) is 6.53. The molecule has 1 aliphatic heterocycles. The van der Waals surface area contributed by atoms with Crippen LogP contribution in [0.4, 0.5) is 0 Å². The van der Waals surface area contributed by atoms with Crippen LogP contribution in [0, 0.1) is 5.92 Å². The first-order valence-electron chi connectivity index (χ1n) is 7.38. The number of carbonyl (C=O) groups is 1. The zero-order chi connectivity index (χ0) is 12.8. The lowest BCUT2D eigenvalue weighted by Crippen LogP contribution is -2.41. The Bertz CT molecular complexity index is 269. The van der Waals surface area contributed by atoms with Gasteiger partial charge in [0.05, 0.1) is 5.60 Å². The van der Waals surface area contributed by atoms with Gasteiger partial charge < -0.3 is 15.7 Å². The quantitative estimate of drug-likeness (QED) is 0.690. The van der Waals surface area contributed by atoms with Gasteiger partial charge in [-0.3, -0.25) is 4.79 Å². The van der Waals surface area contributed by atoms with Crippen molar-refractivity contribution in [2.45, 2.75) is 57.0 Å². The zero-order valence-corrected chi connectivity index (χ0v) is 11.2. The normalized spacial score (nSPS) is 27.1. The number of hydrogen-bond acceptors (Lipinski definition) is 3. The van der Waals surface area contributed by atoms with Gasteiger partial charge in [0.25, 0.3) is 0 Å². The third-order valence-electron chi connectivity index (χ3n) is 4.33. The topological polar surface area (TPSA) is 61.4 Å². The molecule has 0 radical (unpaired) electrons. The van der Waals surface area contributed by atoms with Gasteiger partial charge in [0.15, 0.2) is 0 Å². The molecule has 1 aliphatic carbocycles. The monoisotopic (exact) mass is 254 g/mol. The van der Waals surface area contributed by atoms with E-state index in [1.165, 1.54) is 12.8 Å². The molecule has 1 unspecified atom stereocenters. The molecule has 0 bridgehead atoms. The Labute approximate surface area is 110 Å². The minimum Gasteiger partial charge on any atom is -0.388 e. The highest BCUT2D eigenvalue weighted by molar-refractivity contribution is 5.75. The molecule has 1 heterocycles. The van der Waals surface area contributed by atoms with Gasteiger partial charge in [-0.2, -0.15) is 0 Å². The molecule has 1 amide bonds. The third-order valence-corrected chi connectivity index (χ3v) is 4.33. The Balaban J connectivity index is 1.59. The summed E-state index contributed by atoms with van der Waals surface area (Å²) in [6.07, 6.45) is 7.87. The summed E-state index contributed by atoms with van der Waals surface area (Å²) in [4.78, 5) is 11.7. The van der Waals surface area contributed by atoms with Gasteiger partial charge in [-0.15, -0.1) is 0 Å². The summed E-state index contributed by atoms with van der Waals surface area (Å²) in [5.41, 5.74) is -0.623. The Morgan fingerprint density at radius 2 is 2.11 bits per heavy atom. The van der Waals surface area contributed by atoms with Crippen molar-refractivity contribution in [3.05, 3.63) is 0 Å². The fourth-order valence-corrected chi connectivity index (χ4v) is 3.07. The summed E-state index contributed by atoms with van der Waals surface area (Å²) in [6.45, 7) is 2.61. The maximum atomic E-state index is 11.7. The van der Waals surface area contributed by atoms with Gasteiger partial charge in [0.1, 0.15) is 0 Å². The molecule has 0 spiro atoms. The Hall–Kier alpha value is -0.610. The SMILES string of the molecule is O=C(CCC1CCCNC1)NCC1(O)CCCC1. The van der Waals surface area contributed by atoms with Crippen LogP contribution in [0.25, 0.3) is 0 Å². The molecule has 2 fully saturated rings. The molecule has 4 heteroatoms. The fraction of sp³-hybridized carbons (Fsp3) is 0.929. The average molecular weight is 254 g/mol. The van der Waals surface area contributed by atoms with Crippen LogP contribution in [0.5, 0.6) is 0 Å². The molecule has 3 N–H and O–H groups in total. The Kier molecular flexibility index (Phi) is 5.01. The Morgan fingerprint density at radius 1 is 1.33 bits per heavy atom. The van der Waals surface area contributed by atoms with Crippen molar-refractivity contribution in [1.82, 2.24) is 10.6 Å². The molecule has 4 nitrogen and oxygen atoms in total. The van der Waals surface area contributed by atoms with E-state index in [-0.39, 0.29) is 5.91 Å². The van der Waals surface area contributed by atoms with E-state index in [2.05, 4.69) is 10.6 Å². The van der Waals surface area contributed by atoms with Gasteiger partial charge in [-0.1, -0.05) is 12.8 Å². The lowest BCUT2D eigenvalue weighted by Gasteiger charge is -2.24. The molecule has 1 saturated heterocycles. The lowest BCUT2D eigenvalue weighted by atomic mass is 9.94. The maximum Gasteiger partial charge on any atom is 0.220 e. The van der Waals surface area contributed by atoms with Crippen LogP contribution in [0.2, 0.25) is 0 Å². The Morgan fingerprint density at radius 3 is 2.78 bits per heavy atom. The predicted octanol–water partition coefficient (Wildman–Crippen LogP) is 1.19. The number of rotatable bonds is 5. The van der Waals surface area contributed by atoms with Crippen LogP contribution in [0.15, 0.2) is 0 Å². The molecule has 0 aromatic carbocycles. The van der Waals surface area contributed by atoms with E-state index >= 15 is 0 Å². The van der Waals surface area contributed by atoms with Crippen LogP contribution in [0.3, 0.4) is 0 Å². The number of hydrogen-bond donors (Lipinski definition) is 3. The van der Waals surface area contributed by atoms with Crippen molar-refractivity contribution >= 4 is 5.91 Å². The molecule has 104 valence electrons. The number of aliphatic hydroxyl groups is 1. The van der Waals surface area contributed by atoms with Crippen LogP contribution in [-0.2, 0) is 4.79 Å². The number of amides is 1. The van der Waals surface area contributed by atoms with Gasteiger partial charge in [0, 0.05) is 13.0 Å². The molecule has 2 aliphatic rings. The summed E-state index contributed by atoms with van der Waals surface area (Å²) in [6, 6.07) is 0. The van der Waals surface area contributed by atoms with Crippen LogP contribution < -0.4 is 10.6 Å². The number of nitrogens with one attached hydrogen (secondary N) is 2. The zero-order valence-electron chi connectivity index (χ0n) is 11.2. The number of piperidine rings is 1. The second-order valence-electron chi connectivity index (χ2n) is 5.96. The maximum absolute atomic E-state index is 11.7. The van der Waals surface area contributed by atoms with Crippen molar-refractivity contribution in [3.8, 4) is 0 Å². The minimum atomic E-state index is -0.623. The fourth-order valence-electron chi connectivity index (χ4n) is 3.07. The third kappa shape index (κ3) is 4.25. The van der Waals surface area contributed by atoms with E-state index in [0.717, 1.165) is 45.2 Å². The van der Waals surface area contributed by atoms with E-state index in [4.69, 9.17) is 0 Å². The molecule has 18 heavy (non-hydrogen) atoms. The smallest absolute Gasteiger partial charge is 0.220 e. The lowest BCUT2D eigenvalue weighted by molar-refractivity contribution is -0.122. The van der Waals surface area contributed by atoms with Crippen molar-refractivity contribution in [1.29, 1.82) is 0 Å². The summed E-state index contributed by atoms with van der Waals surface area (Å²) >= 11 is 0. The second-order valence-corrected chi connectivity index (χ2v) is 5.96. The molecule has 2 rings (SSSR count). The van der Waals surface area contributed by atoms with Gasteiger partial charge in [-0.25, -0.2) is 0 Å². The molecular formula is C14H26N2O2. The molecule has 0 aromatic heterocycles. The standard InChI is InChI=1S/C14H26N2O2/c17-13(6-5-12-4-3-9-15-10-12)16-11-14(18)7-1-2-8-14/h12,15,18H,1-11H2,(H,16,17). The highest BCUT2D eigenvalue weighted by Crippen LogP contribution is 2.28. The van der Waals surface area contributed by atoms with E-state index in [1.54, 1.807) is 0 Å². The van der Waals surface area contributed by atoms with Crippen molar-refractivity contribution in [2.75, 3.05) is 19.6 Å². The van der Waals surface area contributed by atoms with E-state index in [1.807, 2.05) is 0 Å². The van der Waals surface area contributed by atoms with Gasteiger partial charge in [0.2, 0.25) is 5.91 Å². The van der Waals surface area contributed by atoms with Crippen molar-refractivity contribution < 1.29 is 9.90 Å². The molecule has 1 atom stereocenters.